The van der Waals surface area contributed by atoms with Crippen LogP contribution in [0, 0.1) is 5.92 Å². The monoisotopic (exact) mass is 472 g/mol. The first-order valence-corrected chi connectivity index (χ1v) is 12.5. The normalized spacial score (nSPS) is 24.9. The van der Waals surface area contributed by atoms with E-state index >= 15 is 0 Å². The van der Waals surface area contributed by atoms with E-state index in [9.17, 15) is 5.11 Å². The number of nitrogens with zero attached hydrogens (tertiary/aromatic N) is 4. The molecule has 5 rings (SSSR count). The fraction of sp³-hybridized carbons (Fsp3) is 0.625. The van der Waals surface area contributed by atoms with Crippen LogP contribution in [0.4, 0.5) is 17.5 Å². The highest BCUT2D eigenvalue weighted by Gasteiger charge is 2.28. The average Bonchev–Trinajstić information content (AvgIpc) is 2.79. The highest BCUT2D eigenvalue weighted by atomic mass is 35.5. The summed E-state index contributed by atoms with van der Waals surface area (Å²) in [6, 6.07) is 3.93. The molecular formula is C24H33ClN6O2. The number of aliphatic hydroxyl groups is 1. The van der Waals surface area contributed by atoms with Crippen molar-refractivity contribution in [2.45, 2.75) is 56.6 Å². The third kappa shape index (κ3) is 5.93. The van der Waals surface area contributed by atoms with Crippen molar-refractivity contribution in [3.05, 3.63) is 35.2 Å². The van der Waals surface area contributed by atoms with Crippen molar-refractivity contribution < 1.29 is 9.84 Å². The van der Waals surface area contributed by atoms with Crippen LogP contribution in [0.1, 0.15) is 50.0 Å². The lowest BCUT2D eigenvalue weighted by Gasteiger charge is -2.37. The molecule has 0 atom stereocenters. The van der Waals surface area contributed by atoms with E-state index in [-0.39, 0.29) is 6.10 Å². The standard InChI is InChI=1S/C24H33ClN6O2/c25-22-11-19(5-8-26-22)29-24-27-12-21(23(30-24)28-18-1-3-20(32)4-2-18)17-6-9-31(10-7-17)13-16-14-33-15-16/h5,8,11-12,16-18,20,32H,1-4,6-7,9-10,13-15H2,(H2,26,27,28,29,30)/t18-,20-. The third-order valence-electron chi connectivity index (χ3n) is 7.09. The number of hydrogen-bond acceptors (Lipinski definition) is 8. The molecule has 1 saturated carbocycles. The van der Waals surface area contributed by atoms with Gasteiger partial charge in [-0.15, -0.1) is 0 Å². The number of anilines is 3. The lowest BCUT2D eigenvalue weighted by Crippen LogP contribution is -2.42. The lowest BCUT2D eigenvalue weighted by atomic mass is 9.89. The Bertz CT molecular complexity index is 927. The molecule has 0 radical (unpaired) electrons. The maximum Gasteiger partial charge on any atom is 0.229 e. The second-order valence-electron chi connectivity index (χ2n) is 9.62. The van der Waals surface area contributed by atoms with Crippen molar-refractivity contribution in [2.75, 3.05) is 43.5 Å². The van der Waals surface area contributed by atoms with Gasteiger partial charge in [-0.2, -0.15) is 4.98 Å². The first-order valence-electron chi connectivity index (χ1n) is 12.1. The Morgan fingerprint density at radius 2 is 1.88 bits per heavy atom. The van der Waals surface area contributed by atoms with E-state index in [1.165, 1.54) is 5.56 Å². The van der Waals surface area contributed by atoms with Crippen LogP contribution in [-0.4, -0.2) is 70.0 Å². The zero-order valence-corrected chi connectivity index (χ0v) is 19.7. The molecule has 3 N–H and O–H groups in total. The summed E-state index contributed by atoms with van der Waals surface area (Å²) in [5, 5.41) is 17.3. The van der Waals surface area contributed by atoms with Gasteiger partial charge in [0.25, 0.3) is 0 Å². The number of hydrogen-bond donors (Lipinski definition) is 3. The van der Waals surface area contributed by atoms with Crippen LogP contribution in [-0.2, 0) is 4.74 Å². The first-order chi connectivity index (χ1) is 16.1. The van der Waals surface area contributed by atoms with Gasteiger partial charge in [0.15, 0.2) is 0 Å². The number of ether oxygens (including phenoxy) is 1. The van der Waals surface area contributed by atoms with Gasteiger partial charge in [-0.25, -0.2) is 9.97 Å². The predicted octanol–water partition coefficient (Wildman–Crippen LogP) is 3.81. The summed E-state index contributed by atoms with van der Waals surface area (Å²) in [5.41, 5.74) is 2.01. The Balaban J connectivity index is 1.30. The summed E-state index contributed by atoms with van der Waals surface area (Å²) in [5.74, 6) is 2.61. The van der Waals surface area contributed by atoms with Crippen LogP contribution in [0.2, 0.25) is 5.15 Å². The van der Waals surface area contributed by atoms with E-state index in [2.05, 4.69) is 25.5 Å². The molecule has 0 aromatic carbocycles. The maximum absolute atomic E-state index is 9.90. The number of pyridine rings is 1. The van der Waals surface area contributed by atoms with E-state index in [1.54, 1.807) is 12.3 Å². The van der Waals surface area contributed by atoms with Crippen LogP contribution >= 0.6 is 11.6 Å². The summed E-state index contributed by atoms with van der Waals surface area (Å²) >= 11 is 6.03. The first kappa shape index (κ1) is 22.8. The Morgan fingerprint density at radius 1 is 1.09 bits per heavy atom. The molecule has 0 amide bonds. The number of nitrogens with one attached hydrogen (secondary N) is 2. The summed E-state index contributed by atoms with van der Waals surface area (Å²) in [7, 11) is 0. The van der Waals surface area contributed by atoms with E-state index in [4.69, 9.17) is 21.3 Å². The molecule has 0 spiro atoms. The second kappa shape index (κ2) is 10.5. The van der Waals surface area contributed by atoms with Crippen molar-refractivity contribution in [3.63, 3.8) is 0 Å². The number of rotatable bonds is 7. The molecule has 4 heterocycles. The number of piperidine rings is 1. The van der Waals surface area contributed by atoms with Crippen LogP contribution in [0.3, 0.4) is 0 Å². The smallest absolute Gasteiger partial charge is 0.229 e. The summed E-state index contributed by atoms with van der Waals surface area (Å²) in [6.45, 7) is 5.18. The topological polar surface area (TPSA) is 95.4 Å². The fourth-order valence-corrected chi connectivity index (χ4v) is 5.24. The molecule has 33 heavy (non-hydrogen) atoms. The van der Waals surface area contributed by atoms with Crippen molar-refractivity contribution in [3.8, 4) is 0 Å². The average molecular weight is 473 g/mol. The van der Waals surface area contributed by atoms with Gasteiger partial charge in [-0.05, 0) is 69.7 Å². The SMILES string of the molecule is O[C@H]1CC[C@H](Nc2nc(Nc3ccnc(Cl)c3)ncc2C2CCN(CC3COC3)CC2)CC1. The Morgan fingerprint density at radius 3 is 2.58 bits per heavy atom. The lowest BCUT2D eigenvalue weighted by molar-refractivity contribution is -0.0487. The summed E-state index contributed by atoms with van der Waals surface area (Å²) < 4.78 is 5.34. The van der Waals surface area contributed by atoms with Crippen LogP contribution < -0.4 is 10.6 Å². The quantitative estimate of drug-likeness (QED) is 0.523. The third-order valence-corrected chi connectivity index (χ3v) is 7.29. The summed E-state index contributed by atoms with van der Waals surface area (Å²) in [6.07, 6.45) is 9.28. The van der Waals surface area contributed by atoms with Gasteiger partial charge in [-0.1, -0.05) is 11.6 Å². The molecular weight excluding hydrogens is 440 g/mol. The second-order valence-corrected chi connectivity index (χ2v) is 10.0. The van der Waals surface area contributed by atoms with Crippen LogP contribution in [0.25, 0.3) is 0 Å². The van der Waals surface area contributed by atoms with Crippen LogP contribution in [0.5, 0.6) is 0 Å². The Kier molecular flexibility index (Phi) is 7.25. The number of aliphatic hydroxyl groups excluding tert-OH is 1. The van der Waals surface area contributed by atoms with Crippen molar-refractivity contribution >= 4 is 29.1 Å². The van der Waals surface area contributed by atoms with Gasteiger partial charge in [0.05, 0.1) is 19.3 Å². The maximum atomic E-state index is 9.90. The highest BCUT2D eigenvalue weighted by Crippen LogP contribution is 2.34. The molecule has 0 unspecified atom stereocenters. The largest absolute Gasteiger partial charge is 0.393 e. The molecule has 2 aliphatic heterocycles. The molecule has 2 saturated heterocycles. The molecule has 3 fully saturated rings. The van der Waals surface area contributed by atoms with E-state index in [0.29, 0.717) is 29.0 Å². The molecule has 2 aromatic rings. The van der Waals surface area contributed by atoms with Gasteiger partial charge in [0.1, 0.15) is 11.0 Å². The molecule has 9 heteroatoms. The Labute approximate surface area is 200 Å². The molecule has 8 nitrogen and oxygen atoms in total. The van der Waals surface area contributed by atoms with E-state index < -0.39 is 0 Å². The van der Waals surface area contributed by atoms with Gasteiger partial charge < -0.3 is 25.4 Å². The molecule has 2 aromatic heterocycles. The number of likely N-dealkylation sites (tertiary alicyclic amines) is 1. The predicted molar refractivity (Wildman–Crippen MR) is 129 cm³/mol. The molecule has 178 valence electrons. The van der Waals surface area contributed by atoms with Gasteiger partial charge >= 0.3 is 0 Å². The molecule has 0 bridgehead atoms. The number of halogens is 1. The van der Waals surface area contributed by atoms with E-state index in [0.717, 1.165) is 82.9 Å². The minimum absolute atomic E-state index is 0.174. The van der Waals surface area contributed by atoms with Gasteiger partial charge in [-0.3, -0.25) is 0 Å². The van der Waals surface area contributed by atoms with Gasteiger partial charge in [0, 0.05) is 42.1 Å². The zero-order chi connectivity index (χ0) is 22.6. The van der Waals surface area contributed by atoms with Crippen molar-refractivity contribution in [1.82, 2.24) is 19.9 Å². The highest BCUT2D eigenvalue weighted by molar-refractivity contribution is 6.29. The Hall–Kier alpha value is -2.00. The van der Waals surface area contributed by atoms with Crippen molar-refractivity contribution in [1.29, 1.82) is 0 Å². The molecule has 1 aliphatic carbocycles. The van der Waals surface area contributed by atoms with Crippen LogP contribution in [0.15, 0.2) is 24.5 Å². The molecule has 3 aliphatic rings. The fourth-order valence-electron chi connectivity index (χ4n) is 5.07. The van der Waals surface area contributed by atoms with Gasteiger partial charge in [0.2, 0.25) is 5.95 Å². The zero-order valence-electron chi connectivity index (χ0n) is 18.9. The number of aromatic nitrogens is 3. The summed E-state index contributed by atoms with van der Waals surface area (Å²) in [4.78, 5) is 16.1. The minimum atomic E-state index is -0.174. The minimum Gasteiger partial charge on any atom is -0.393 e. The van der Waals surface area contributed by atoms with E-state index in [1.807, 2.05) is 12.3 Å². The van der Waals surface area contributed by atoms with Crippen molar-refractivity contribution in [2.24, 2.45) is 5.92 Å².